The van der Waals surface area contributed by atoms with Crippen LogP contribution in [0.4, 0.5) is 0 Å². The van der Waals surface area contributed by atoms with Gasteiger partial charge in [-0.2, -0.15) is 0 Å². The second-order valence-corrected chi connectivity index (χ2v) is 12.8. The summed E-state index contributed by atoms with van der Waals surface area (Å²) >= 11 is 0. The summed E-state index contributed by atoms with van der Waals surface area (Å²) in [5, 5.41) is 0. The van der Waals surface area contributed by atoms with Gasteiger partial charge in [-0.1, -0.05) is 46.8 Å². The molecule has 6 aliphatic rings. The normalized spacial score (nSPS) is 51.3. The average Bonchev–Trinajstić information content (AvgIpc) is 3.25. The fourth-order valence-electron chi connectivity index (χ4n) is 9.07. The fourth-order valence-corrected chi connectivity index (χ4v) is 9.07. The van der Waals surface area contributed by atoms with Crippen molar-refractivity contribution in [1.82, 2.24) is 0 Å². The van der Waals surface area contributed by atoms with E-state index in [0.29, 0.717) is 54.0 Å². The smallest absolute Gasteiger partial charge is 0.220 e. The molecule has 0 amide bonds. The molecule has 0 radical (unpaired) electrons. The van der Waals surface area contributed by atoms with Crippen LogP contribution >= 0.6 is 0 Å². The zero-order chi connectivity index (χ0) is 23.9. The van der Waals surface area contributed by atoms with Gasteiger partial charge in [0, 0.05) is 17.8 Å². The van der Waals surface area contributed by atoms with E-state index >= 15 is 0 Å². The molecule has 2 saturated carbocycles. The van der Waals surface area contributed by atoms with Crippen molar-refractivity contribution in [1.29, 1.82) is 0 Å². The maximum absolute atomic E-state index is 12.7. The third kappa shape index (κ3) is 3.06. The summed E-state index contributed by atoms with van der Waals surface area (Å²) in [7, 11) is 0. The Labute approximate surface area is 205 Å². The topological polar surface area (TPSA) is 44.8 Å². The number of hydrogen-bond acceptors (Lipinski definition) is 4. The molecule has 0 aromatic carbocycles. The van der Waals surface area contributed by atoms with Crippen LogP contribution in [0.25, 0.3) is 0 Å². The van der Waals surface area contributed by atoms with Gasteiger partial charge < -0.3 is 14.2 Å². The number of fused-ring (bicyclic) bond motifs is 7. The van der Waals surface area contributed by atoms with E-state index in [1.807, 2.05) is 6.08 Å². The molecular formula is C30H42O4. The van der Waals surface area contributed by atoms with Gasteiger partial charge in [-0.3, -0.25) is 4.79 Å². The molecule has 10 atom stereocenters. The zero-order valence-corrected chi connectivity index (χ0v) is 21.6. The number of carbonyl (C=O) groups is 1. The lowest BCUT2D eigenvalue weighted by atomic mass is 9.49. The highest BCUT2D eigenvalue weighted by molar-refractivity contribution is 6.04. The Kier molecular flexibility index (Phi) is 5.29. The third-order valence-electron chi connectivity index (χ3n) is 10.9. The Hall–Kier alpha value is -1.39. The quantitative estimate of drug-likeness (QED) is 0.495. The van der Waals surface area contributed by atoms with Gasteiger partial charge in [-0.15, -0.1) is 0 Å². The highest BCUT2D eigenvalue weighted by Gasteiger charge is 2.68. The molecular weight excluding hydrogens is 424 g/mol. The highest BCUT2D eigenvalue weighted by Crippen LogP contribution is 2.69. The van der Waals surface area contributed by atoms with Gasteiger partial charge in [0.2, 0.25) is 5.78 Å². The number of ether oxygens (including phenoxy) is 3. The van der Waals surface area contributed by atoms with Gasteiger partial charge >= 0.3 is 0 Å². The van der Waals surface area contributed by atoms with E-state index in [9.17, 15) is 4.79 Å². The van der Waals surface area contributed by atoms with Crippen LogP contribution in [0.15, 0.2) is 35.6 Å². The number of hydrogen-bond donors (Lipinski definition) is 0. The molecule has 2 heterocycles. The van der Waals surface area contributed by atoms with E-state index in [1.165, 1.54) is 19.3 Å². The summed E-state index contributed by atoms with van der Waals surface area (Å²) in [6.07, 6.45) is 15.7. The molecule has 186 valence electrons. The Morgan fingerprint density at radius 3 is 2.71 bits per heavy atom. The second kappa shape index (κ2) is 7.80. The molecule has 0 bridgehead atoms. The van der Waals surface area contributed by atoms with Crippen LogP contribution in [0.2, 0.25) is 0 Å². The molecule has 4 aliphatic carbocycles. The lowest BCUT2D eigenvalue weighted by Gasteiger charge is -2.55. The summed E-state index contributed by atoms with van der Waals surface area (Å²) in [6, 6.07) is 0. The van der Waals surface area contributed by atoms with Crippen LogP contribution in [-0.2, 0) is 19.0 Å². The molecule has 34 heavy (non-hydrogen) atoms. The predicted molar refractivity (Wildman–Crippen MR) is 132 cm³/mol. The Balaban J connectivity index is 1.29. The van der Waals surface area contributed by atoms with E-state index in [1.54, 1.807) is 0 Å². The number of allylic oxidation sites excluding steroid dienone is 5. The Morgan fingerprint density at radius 1 is 1.15 bits per heavy atom. The monoisotopic (exact) mass is 466 g/mol. The molecule has 1 spiro atoms. The van der Waals surface area contributed by atoms with Crippen molar-refractivity contribution in [2.75, 3.05) is 13.2 Å². The minimum Gasteiger partial charge on any atom is -0.490 e. The van der Waals surface area contributed by atoms with Crippen molar-refractivity contribution in [2.24, 2.45) is 46.3 Å². The van der Waals surface area contributed by atoms with Crippen molar-refractivity contribution in [2.45, 2.75) is 85.0 Å². The number of carbonyl (C=O) groups excluding carboxylic acids is 1. The van der Waals surface area contributed by atoms with Gasteiger partial charge in [0.05, 0.1) is 19.3 Å². The first-order chi connectivity index (χ1) is 16.2. The first kappa shape index (κ1) is 23.0. The molecule has 4 fully saturated rings. The van der Waals surface area contributed by atoms with Gasteiger partial charge in [0.25, 0.3) is 0 Å². The van der Waals surface area contributed by atoms with Crippen LogP contribution in [0.5, 0.6) is 0 Å². The van der Waals surface area contributed by atoms with Gasteiger partial charge in [0.1, 0.15) is 0 Å². The molecule has 6 rings (SSSR count). The van der Waals surface area contributed by atoms with Crippen LogP contribution in [0.3, 0.4) is 0 Å². The van der Waals surface area contributed by atoms with Gasteiger partial charge in [-0.25, -0.2) is 0 Å². The van der Waals surface area contributed by atoms with Crippen LogP contribution in [0.1, 0.15) is 73.1 Å². The molecule has 2 aliphatic heterocycles. The van der Waals surface area contributed by atoms with Crippen molar-refractivity contribution in [3.63, 3.8) is 0 Å². The standard InChI is InChI=1S/C30H42O4/c1-6-13-32-26-16-29(5)20(14-24(26)31)7-8-21-22(29)10-11-28(4)23(21)15-25-27(28)19(3)30(34-25)12-9-18(2)17-33-30/h7-8,14,16,18-19,21-23,25,27H,6,9-13,15,17H2,1-5H3/t18-,19+,21-,22+,23+,25+,27+,28+,29+,30-/m1/s1. The summed E-state index contributed by atoms with van der Waals surface area (Å²) in [5.41, 5.74) is 1.31. The maximum Gasteiger partial charge on any atom is 0.220 e. The largest absolute Gasteiger partial charge is 0.490 e. The van der Waals surface area contributed by atoms with Crippen molar-refractivity contribution < 1.29 is 19.0 Å². The van der Waals surface area contributed by atoms with Crippen LogP contribution in [-0.4, -0.2) is 30.9 Å². The van der Waals surface area contributed by atoms with Crippen molar-refractivity contribution >= 4 is 5.78 Å². The second-order valence-electron chi connectivity index (χ2n) is 12.8. The van der Waals surface area contributed by atoms with E-state index in [4.69, 9.17) is 14.2 Å². The lowest BCUT2D eigenvalue weighted by molar-refractivity contribution is -0.272. The molecule has 2 saturated heterocycles. The van der Waals surface area contributed by atoms with Crippen molar-refractivity contribution in [3.8, 4) is 0 Å². The zero-order valence-electron chi connectivity index (χ0n) is 21.6. The summed E-state index contributed by atoms with van der Waals surface area (Å²) in [4.78, 5) is 12.7. The van der Waals surface area contributed by atoms with Gasteiger partial charge in [-0.05, 0) is 84.8 Å². The molecule has 0 aromatic rings. The minimum absolute atomic E-state index is 0.0226. The molecule has 4 nitrogen and oxygen atoms in total. The molecule has 0 unspecified atom stereocenters. The maximum atomic E-state index is 12.7. The third-order valence-corrected chi connectivity index (χ3v) is 10.9. The average molecular weight is 467 g/mol. The Morgan fingerprint density at radius 2 is 1.97 bits per heavy atom. The van der Waals surface area contributed by atoms with Gasteiger partial charge in [0.15, 0.2) is 11.5 Å². The SMILES string of the molecule is CCCOC1=C[C@@]2(C)C(=CC1=O)C=C[C@H]1[C@@H]3C[C@@H]4O[C@]5(CC[C@@H](C)CO5)[C@@H](C)[C@@H]4[C@@]3(C)CC[C@@H]12. The number of ketones is 1. The first-order valence-corrected chi connectivity index (χ1v) is 13.8. The van der Waals surface area contributed by atoms with E-state index < -0.39 is 0 Å². The first-order valence-electron chi connectivity index (χ1n) is 13.8. The van der Waals surface area contributed by atoms with E-state index in [2.05, 4.69) is 52.8 Å². The summed E-state index contributed by atoms with van der Waals surface area (Å²) < 4.78 is 19.2. The molecule has 0 N–H and O–H groups in total. The Bertz CT molecular complexity index is 953. The summed E-state index contributed by atoms with van der Waals surface area (Å²) in [6.45, 7) is 13.1. The number of rotatable bonds is 3. The molecule has 4 heteroatoms. The fraction of sp³-hybridized carbons (Fsp3) is 0.767. The van der Waals surface area contributed by atoms with Crippen LogP contribution in [0, 0.1) is 46.3 Å². The van der Waals surface area contributed by atoms with E-state index in [-0.39, 0.29) is 22.4 Å². The molecule has 0 aromatic heterocycles. The lowest BCUT2D eigenvalue weighted by Crippen LogP contribution is -2.51. The van der Waals surface area contributed by atoms with Crippen LogP contribution < -0.4 is 0 Å². The van der Waals surface area contributed by atoms with E-state index in [0.717, 1.165) is 31.4 Å². The minimum atomic E-state index is -0.352. The van der Waals surface area contributed by atoms with Crippen molar-refractivity contribution in [3.05, 3.63) is 35.6 Å². The highest BCUT2D eigenvalue weighted by atomic mass is 16.7. The predicted octanol–water partition coefficient (Wildman–Crippen LogP) is 6.23. The summed E-state index contributed by atoms with van der Waals surface area (Å²) in [5.74, 6) is 3.51.